The minimum absolute atomic E-state index is 0.252. The molecule has 0 aliphatic carbocycles. The van der Waals surface area contributed by atoms with E-state index in [0.717, 1.165) is 4.88 Å². The first-order chi connectivity index (χ1) is 8.81. The van der Waals surface area contributed by atoms with Crippen LogP contribution < -0.4 is 5.32 Å². The van der Waals surface area contributed by atoms with E-state index < -0.39 is 6.04 Å². The van der Waals surface area contributed by atoms with Gasteiger partial charge < -0.3 is 4.74 Å². The van der Waals surface area contributed by atoms with Crippen molar-refractivity contribution in [3.63, 3.8) is 0 Å². The molecule has 2 heterocycles. The van der Waals surface area contributed by atoms with Crippen molar-refractivity contribution < 1.29 is 9.53 Å². The van der Waals surface area contributed by atoms with Gasteiger partial charge in [-0.3, -0.25) is 10.3 Å². The lowest BCUT2D eigenvalue weighted by Crippen LogP contribution is -2.29. The van der Waals surface area contributed by atoms with Crippen LogP contribution in [0.15, 0.2) is 29.2 Å². The molecule has 2 rings (SSSR count). The SMILES string of the molecule is CCOC(=O)C(NCc1cccs1)c1cncs1. The molecule has 2 aromatic heterocycles. The summed E-state index contributed by atoms with van der Waals surface area (Å²) in [6.07, 6.45) is 1.70. The van der Waals surface area contributed by atoms with E-state index in [1.54, 1.807) is 30.0 Å². The Hall–Kier alpha value is -1.24. The van der Waals surface area contributed by atoms with Crippen LogP contribution >= 0.6 is 22.7 Å². The van der Waals surface area contributed by atoms with E-state index in [1.807, 2.05) is 17.5 Å². The highest BCUT2D eigenvalue weighted by molar-refractivity contribution is 7.10. The molecule has 2 aromatic rings. The maximum atomic E-state index is 11.9. The van der Waals surface area contributed by atoms with Gasteiger partial charge in [0.15, 0.2) is 0 Å². The topological polar surface area (TPSA) is 51.2 Å². The van der Waals surface area contributed by atoms with E-state index in [2.05, 4.69) is 10.3 Å². The largest absolute Gasteiger partial charge is 0.465 e. The Labute approximate surface area is 114 Å². The van der Waals surface area contributed by atoms with E-state index in [-0.39, 0.29) is 5.97 Å². The number of thiophene rings is 1. The number of rotatable bonds is 6. The van der Waals surface area contributed by atoms with Crippen molar-refractivity contribution in [2.45, 2.75) is 19.5 Å². The van der Waals surface area contributed by atoms with Crippen LogP contribution in [0.2, 0.25) is 0 Å². The molecule has 4 nitrogen and oxygen atoms in total. The van der Waals surface area contributed by atoms with Gasteiger partial charge in [-0.25, -0.2) is 4.79 Å². The fraction of sp³-hybridized carbons (Fsp3) is 0.333. The number of esters is 1. The fourth-order valence-corrected chi connectivity index (χ4v) is 2.85. The van der Waals surface area contributed by atoms with E-state index in [1.165, 1.54) is 16.2 Å². The van der Waals surface area contributed by atoms with Gasteiger partial charge in [-0.1, -0.05) is 6.07 Å². The molecule has 0 aliphatic heterocycles. The third kappa shape index (κ3) is 3.38. The quantitative estimate of drug-likeness (QED) is 0.827. The number of nitrogens with one attached hydrogen (secondary N) is 1. The zero-order valence-electron chi connectivity index (χ0n) is 9.96. The molecule has 0 aliphatic rings. The number of hydrogen-bond acceptors (Lipinski definition) is 6. The summed E-state index contributed by atoms with van der Waals surface area (Å²) in [7, 11) is 0. The lowest BCUT2D eigenvalue weighted by molar-refractivity contribution is -0.145. The summed E-state index contributed by atoms with van der Waals surface area (Å²) in [5.41, 5.74) is 1.72. The van der Waals surface area contributed by atoms with Crippen LogP contribution in [0.4, 0.5) is 0 Å². The summed E-state index contributed by atoms with van der Waals surface area (Å²) in [6, 6.07) is 3.60. The maximum Gasteiger partial charge on any atom is 0.328 e. The normalized spacial score (nSPS) is 12.3. The molecule has 0 spiro atoms. The molecule has 96 valence electrons. The fourth-order valence-electron chi connectivity index (χ4n) is 1.51. The second kappa shape index (κ2) is 6.63. The monoisotopic (exact) mass is 282 g/mol. The lowest BCUT2D eigenvalue weighted by Gasteiger charge is -2.14. The zero-order valence-corrected chi connectivity index (χ0v) is 11.6. The number of nitrogens with zero attached hydrogens (tertiary/aromatic N) is 1. The van der Waals surface area contributed by atoms with Crippen molar-refractivity contribution in [2.24, 2.45) is 0 Å². The van der Waals surface area contributed by atoms with Gasteiger partial charge in [0.1, 0.15) is 6.04 Å². The third-order valence-electron chi connectivity index (χ3n) is 2.32. The Morgan fingerprint density at radius 3 is 3.06 bits per heavy atom. The molecule has 0 amide bonds. The van der Waals surface area contributed by atoms with E-state index in [0.29, 0.717) is 13.2 Å². The molecular weight excluding hydrogens is 268 g/mol. The Kier molecular flexibility index (Phi) is 4.86. The van der Waals surface area contributed by atoms with Crippen LogP contribution in [0.3, 0.4) is 0 Å². The van der Waals surface area contributed by atoms with Crippen molar-refractivity contribution in [3.05, 3.63) is 39.0 Å². The Bertz CT molecular complexity index is 468. The van der Waals surface area contributed by atoms with E-state index in [9.17, 15) is 4.79 Å². The van der Waals surface area contributed by atoms with Crippen LogP contribution in [0.25, 0.3) is 0 Å². The van der Waals surface area contributed by atoms with Crippen molar-refractivity contribution >= 4 is 28.6 Å². The second-order valence-corrected chi connectivity index (χ2v) is 5.50. The number of hydrogen-bond donors (Lipinski definition) is 1. The maximum absolute atomic E-state index is 11.9. The van der Waals surface area contributed by atoms with E-state index in [4.69, 9.17) is 4.74 Å². The molecule has 0 radical (unpaired) electrons. The second-order valence-electron chi connectivity index (χ2n) is 3.55. The summed E-state index contributed by atoms with van der Waals surface area (Å²) in [5.74, 6) is -0.252. The third-order valence-corrected chi connectivity index (χ3v) is 4.04. The minimum atomic E-state index is -0.431. The Morgan fingerprint density at radius 2 is 2.44 bits per heavy atom. The van der Waals surface area contributed by atoms with Crippen molar-refractivity contribution in [1.82, 2.24) is 10.3 Å². The molecule has 0 fully saturated rings. The predicted molar refractivity (Wildman–Crippen MR) is 72.6 cm³/mol. The highest BCUT2D eigenvalue weighted by atomic mass is 32.1. The van der Waals surface area contributed by atoms with Crippen LogP contribution in [0, 0.1) is 0 Å². The van der Waals surface area contributed by atoms with Crippen LogP contribution in [-0.4, -0.2) is 17.6 Å². The predicted octanol–water partition coefficient (Wildman–Crippen LogP) is 2.60. The number of carbonyl (C=O) groups is 1. The smallest absolute Gasteiger partial charge is 0.328 e. The number of ether oxygens (including phenoxy) is 1. The zero-order chi connectivity index (χ0) is 12.8. The first-order valence-electron chi connectivity index (χ1n) is 5.62. The summed E-state index contributed by atoms with van der Waals surface area (Å²) < 4.78 is 5.08. The van der Waals surface area contributed by atoms with E-state index >= 15 is 0 Å². The highest BCUT2D eigenvalue weighted by Crippen LogP contribution is 2.20. The summed E-state index contributed by atoms with van der Waals surface area (Å²) in [4.78, 5) is 18.0. The Balaban J connectivity index is 2.03. The van der Waals surface area contributed by atoms with Gasteiger partial charge >= 0.3 is 5.97 Å². The average molecular weight is 282 g/mol. The molecule has 1 atom stereocenters. The van der Waals surface area contributed by atoms with Gasteiger partial charge in [-0.05, 0) is 18.4 Å². The van der Waals surface area contributed by atoms with Gasteiger partial charge in [-0.2, -0.15) is 0 Å². The standard InChI is InChI=1S/C12H14N2O2S2/c1-2-16-12(15)11(10-7-13-8-18-10)14-6-9-4-3-5-17-9/h3-5,7-8,11,14H,2,6H2,1H3. The summed E-state index contributed by atoms with van der Waals surface area (Å²) in [6.45, 7) is 2.84. The molecule has 1 unspecified atom stereocenters. The first kappa shape index (κ1) is 13.2. The first-order valence-corrected chi connectivity index (χ1v) is 7.38. The Morgan fingerprint density at radius 1 is 1.56 bits per heavy atom. The van der Waals surface area contributed by atoms with Gasteiger partial charge in [0.25, 0.3) is 0 Å². The molecule has 0 aromatic carbocycles. The minimum Gasteiger partial charge on any atom is -0.465 e. The molecule has 0 saturated heterocycles. The number of aromatic nitrogens is 1. The van der Waals surface area contributed by atoms with Crippen molar-refractivity contribution in [2.75, 3.05) is 6.61 Å². The number of thiazole rings is 1. The van der Waals surface area contributed by atoms with Crippen molar-refractivity contribution in [1.29, 1.82) is 0 Å². The van der Waals surface area contributed by atoms with Gasteiger partial charge in [0, 0.05) is 17.6 Å². The molecule has 0 bridgehead atoms. The molecule has 0 saturated carbocycles. The molecule has 1 N–H and O–H groups in total. The van der Waals surface area contributed by atoms with Crippen LogP contribution in [0.1, 0.15) is 22.7 Å². The molecule has 6 heteroatoms. The summed E-state index contributed by atoms with van der Waals surface area (Å²) >= 11 is 3.11. The van der Waals surface area contributed by atoms with Crippen LogP contribution in [-0.2, 0) is 16.1 Å². The number of carbonyl (C=O) groups excluding carboxylic acids is 1. The van der Waals surface area contributed by atoms with Crippen LogP contribution in [0.5, 0.6) is 0 Å². The van der Waals surface area contributed by atoms with Gasteiger partial charge in [0.2, 0.25) is 0 Å². The molecule has 18 heavy (non-hydrogen) atoms. The lowest BCUT2D eigenvalue weighted by atomic mass is 10.2. The molecular formula is C12H14N2O2S2. The van der Waals surface area contributed by atoms with Gasteiger partial charge in [-0.15, -0.1) is 22.7 Å². The van der Waals surface area contributed by atoms with Gasteiger partial charge in [0.05, 0.1) is 17.0 Å². The summed E-state index contributed by atoms with van der Waals surface area (Å²) in [5, 5.41) is 5.23. The average Bonchev–Trinajstić information content (AvgIpc) is 3.01. The van der Waals surface area contributed by atoms with Crippen molar-refractivity contribution in [3.8, 4) is 0 Å². The highest BCUT2D eigenvalue weighted by Gasteiger charge is 2.22.